The molecule has 0 spiro atoms. The lowest BCUT2D eigenvalue weighted by Crippen LogP contribution is -2.47. The van der Waals surface area contributed by atoms with Gasteiger partial charge in [0.1, 0.15) is 6.54 Å². The van der Waals surface area contributed by atoms with Gasteiger partial charge in [-0.3, -0.25) is 9.36 Å². The lowest BCUT2D eigenvalue weighted by molar-refractivity contribution is -0.133. The van der Waals surface area contributed by atoms with Gasteiger partial charge in [-0.05, 0) is 24.5 Å². The number of hydrogen-bond acceptors (Lipinski definition) is 6. The van der Waals surface area contributed by atoms with E-state index >= 15 is 0 Å². The van der Waals surface area contributed by atoms with Crippen molar-refractivity contribution in [1.82, 2.24) is 19.4 Å². The van der Waals surface area contributed by atoms with Crippen molar-refractivity contribution in [2.75, 3.05) is 18.8 Å². The minimum absolute atomic E-state index is 0.00859. The number of nitrogens with zero attached hydrogens (tertiary/aromatic N) is 4. The number of carbonyl (C=O) groups is 1. The third-order valence-corrected chi connectivity index (χ3v) is 6.07. The average Bonchev–Trinajstić information content (AvgIpc) is 3.17. The zero-order chi connectivity index (χ0) is 19.6. The molecule has 1 aliphatic rings. The molecule has 1 saturated heterocycles. The molecule has 2 aromatic heterocycles. The molecule has 0 bridgehead atoms. The van der Waals surface area contributed by atoms with E-state index in [1.807, 2.05) is 28.5 Å². The SMILES string of the molecule is Nc1nc(C2(c3ccccc3)CCN(C(=O)Cn3cccnc3=O)CC2)cs1. The predicted molar refractivity (Wildman–Crippen MR) is 108 cm³/mol. The number of nitrogens with two attached hydrogens (primary N) is 1. The maximum absolute atomic E-state index is 12.7. The van der Waals surface area contributed by atoms with Crippen molar-refractivity contribution in [2.24, 2.45) is 0 Å². The van der Waals surface area contributed by atoms with Crippen LogP contribution in [0.25, 0.3) is 0 Å². The van der Waals surface area contributed by atoms with Crippen molar-refractivity contribution in [3.63, 3.8) is 0 Å². The number of piperidine rings is 1. The Morgan fingerprint density at radius 1 is 1.18 bits per heavy atom. The lowest BCUT2D eigenvalue weighted by Gasteiger charge is -2.41. The first-order valence-corrected chi connectivity index (χ1v) is 10.0. The molecule has 8 heteroatoms. The third kappa shape index (κ3) is 3.43. The van der Waals surface area contributed by atoms with E-state index in [0.29, 0.717) is 18.2 Å². The molecule has 2 N–H and O–H groups in total. The van der Waals surface area contributed by atoms with E-state index < -0.39 is 5.69 Å². The average molecular weight is 395 g/mol. The standard InChI is InChI=1S/C20H21N5O2S/c21-18-23-16(14-28-18)20(15-5-2-1-3-6-15)7-11-24(12-8-20)17(26)13-25-10-4-9-22-19(25)27/h1-6,9-10,14H,7-8,11-13H2,(H2,21,23). The predicted octanol–water partition coefficient (Wildman–Crippen LogP) is 1.89. The smallest absolute Gasteiger partial charge is 0.347 e. The monoisotopic (exact) mass is 395 g/mol. The summed E-state index contributed by atoms with van der Waals surface area (Å²) in [6.07, 6.45) is 4.53. The van der Waals surface area contributed by atoms with Crippen LogP contribution in [-0.4, -0.2) is 38.4 Å². The Bertz CT molecular complexity index is 1020. The number of carbonyl (C=O) groups excluding carboxylic acids is 1. The number of aromatic nitrogens is 3. The molecule has 144 valence electrons. The number of benzene rings is 1. The van der Waals surface area contributed by atoms with Crippen LogP contribution >= 0.6 is 11.3 Å². The Hall–Kier alpha value is -3.00. The summed E-state index contributed by atoms with van der Waals surface area (Å²) >= 11 is 1.44. The van der Waals surface area contributed by atoms with Gasteiger partial charge >= 0.3 is 5.69 Å². The number of nitrogen functional groups attached to an aromatic ring is 1. The summed E-state index contributed by atoms with van der Waals surface area (Å²) in [5, 5.41) is 2.58. The summed E-state index contributed by atoms with van der Waals surface area (Å²) in [5.74, 6) is -0.0745. The van der Waals surface area contributed by atoms with Gasteiger partial charge in [-0.2, -0.15) is 0 Å². The molecule has 3 heterocycles. The number of amides is 1. The molecule has 0 saturated carbocycles. The van der Waals surface area contributed by atoms with Crippen LogP contribution < -0.4 is 11.4 Å². The summed E-state index contributed by atoms with van der Waals surface area (Å²) in [6, 6.07) is 11.9. The summed E-state index contributed by atoms with van der Waals surface area (Å²) in [6.45, 7) is 1.20. The van der Waals surface area contributed by atoms with Gasteiger partial charge in [0.25, 0.3) is 0 Å². The van der Waals surface area contributed by atoms with Crippen LogP contribution in [0.3, 0.4) is 0 Å². The van der Waals surface area contributed by atoms with Gasteiger partial charge in [0.15, 0.2) is 5.13 Å². The van der Waals surface area contributed by atoms with Crippen molar-refractivity contribution in [3.8, 4) is 0 Å². The highest BCUT2D eigenvalue weighted by Crippen LogP contribution is 2.42. The molecule has 1 amide bonds. The van der Waals surface area contributed by atoms with E-state index in [1.54, 1.807) is 12.3 Å². The molecule has 1 aliphatic heterocycles. The van der Waals surface area contributed by atoms with Crippen LogP contribution in [0, 0.1) is 0 Å². The zero-order valence-corrected chi connectivity index (χ0v) is 16.1. The van der Waals surface area contributed by atoms with Crippen LogP contribution in [-0.2, 0) is 16.8 Å². The second-order valence-corrected chi connectivity index (χ2v) is 7.82. The van der Waals surface area contributed by atoms with Crippen LogP contribution in [0.2, 0.25) is 0 Å². The fourth-order valence-corrected chi connectivity index (χ4v) is 4.51. The molecule has 28 heavy (non-hydrogen) atoms. The van der Waals surface area contributed by atoms with Gasteiger partial charge in [-0.15, -0.1) is 11.3 Å². The summed E-state index contributed by atoms with van der Waals surface area (Å²) < 4.78 is 1.34. The molecule has 1 fully saturated rings. The normalized spacial score (nSPS) is 16.1. The number of anilines is 1. The van der Waals surface area contributed by atoms with Crippen LogP contribution in [0.15, 0.2) is 59.0 Å². The van der Waals surface area contributed by atoms with E-state index in [0.717, 1.165) is 18.5 Å². The number of rotatable bonds is 4. The molecule has 0 unspecified atom stereocenters. The second-order valence-electron chi connectivity index (χ2n) is 6.93. The highest BCUT2D eigenvalue weighted by atomic mass is 32.1. The van der Waals surface area contributed by atoms with Crippen molar-refractivity contribution < 1.29 is 4.79 Å². The van der Waals surface area contributed by atoms with Gasteiger partial charge in [-0.1, -0.05) is 30.3 Å². The van der Waals surface area contributed by atoms with Crippen LogP contribution in [0.1, 0.15) is 24.1 Å². The number of hydrogen-bond donors (Lipinski definition) is 1. The van der Waals surface area contributed by atoms with E-state index in [2.05, 4.69) is 22.1 Å². The summed E-state index contributed by atoms with van der Waals surface area (Å²) in [4.78, 5) is 34.6. The molecule has 4 rings (SSSR count). The van der Waals surface area contributed by atoms with E-state index in [9.17, 15) is 9.59 Å². The Kier molecular flexibility index (Phi) is 4.95. The molecule has 0 radical (unpaired) electrons. The molecular formula is C20H21N5O2S. The van der Waals surface area contributed by atoms with Gasteiger partial charge < -0.3 is 10.6 Å². The minimum atomic E-state index is -0.413. The first-order chi connectivity index (χ1) is 13.6. The van der Waals surface area contributed by atoms with E-state index in [-0.39, 0.29) is 17.9 Å². The molecule has 0 aliphatic carbocycles. The zero-order valence-electron chi connectivity index (χ0n) is 15.3. The highest BCUT2D eigenvalue weighted by molar-refractivity contribution is 7.13. The first kappa shape index (κ1) is 18.4. The fourth-order valence-electron chi connectivity index (χ4n) is 3.85. The molecule has 1 aromatic carbocycles. The Morgan fingerprint density at radius 2 is 1.93 bits per heavy atom. The maximum Gasteiger partial charge on any atom is 0.347 e. The van der Waals surface area contributed by atoms with Crippen LogP contribution in [0.5, 0.6) is 0 Å². The molecule has 0 atom stereocenters. The minimum Gasteiger partial charge on any atom is -0.375 e. The Morgan fingerprint density at radius 3 is 2.57 bits per heavy atom. The van der Waals surface area contributed by atoms with Gasteiger partial charge in [0.05, 0.1) is 5.69 Å². The Labute approximate surface area is 166 Å². The fraction of sp³-hybridized carbons (Fsp3) is 0.300. The van der Waals surface area contributed by atoms with Crippen molar-refractivity contribution in [1.29, 1.82) is 0 Å². The number of thiazole rings is 1. The van der Waals surface area contributed by atoms with Crippen LogP contribution in [0.4, 0.5) is 5.13 Å². The topological polar surface area (TPSA) is 94.1 Å². The maximum atomic E-state index is 12.7. The van der Waals surface area contributed by atoms with Crippen molar-refractivity contribution >= 4 is 22.4 Å². The van der Waals surface area contributed by atoms with E-state index in [4.69, 9.17) is 5.73 Å². The third-order valence-electron chi connectivity index (χ3n) is 5.40. The van der Waals surface area contributed by atoms with Gasteiger partial charge in [0.2, 0.25) is 5.91 Å². The van der Waals surface area contributed by atoms with Gasteiger partial charge in [0, 0.05) is 36.3 Å². The summed E-state index contributed by atoms with van der Waals surface area (Å²) in [7, 11) is 0. The summed E-state index contributed by atoms with van der Waals surface area (Å²) in [5.41, 5.74) is 7.40. The van der Waals surface area contributed by atoms with Gasteiger partial charge in [-0.25, -0.2) is 14.8 Å². The second kappa shape index (κ2) is 7.55. The van der Waals surface area contributed by atoms with E-state index in [1.165, 1.54) is 27.7 Å². The largest absolute Gasteiger partial charge is 0.375 e. The lowest BCUT2D eigenvalue weighted by atomic mass is 9.70. The Balaban J connectivity index is 1.55. The number of likely N-dealkylation sites (tertiary alicyclic amines) is 1. The molecule has 3 aromatic rings. The molecule has 7 nitrogen and oxygen atoms in total. The van der Waals surface area contributed by atoms with Crippen molar-refractivity contribution in [2.45, 2.75) is 24.8 Å². The quantitative estimate of drug-likeness (QED) is 0.728. The van der Waals surface area contributed by atoms with Crippen molar-refractivity contribution in [3.05, 3.63) is 75.9 Å². The highest BCUT2D eigenvalue weighted by Gasteiger charge is 2.40. The first-order valence-electron chi connectivity index (χ1n) is 9.15. The molecular weight excluding hydrogens is 374 g/mol.